The van der Waals surface area contributed by atoms with Gasteiger partial charge in [-0.25, -0.2) is 4.39 Å². The van der Waals surface area contributed by atoms with Crippen molar-refractivity contribution in [1.82, 2.24) is 5.32 Å². The van der Waals surface area contributed by atoms with Gasteiger partial charge in [0.05, 0.1) is 0 Å². The number of rotatable bonds is 6. The van der Waals surface area contributed by atoms with Gasteiger partial charge in [0.1, 0.15) is 11.6 Å². The second-order valence-electron chi connectivity index (χ2n) is 4.89. The molecule has 0 spiro atoms. The molecule has 1 amide bonds. The maximum atomic E-state index is 13.2. The molecule has 1 rings (SSSR count). The van der Waals surface area contributed by atoms with E-state index in [2.05, 4.69) is 5.32 Å². The van der Waals surface area contributed by atoms with E-state index in [0.29, 0.717) is 17.2 Å². The van der Waals surface area contributed by atoms with Gasteiger partial charge in [0.25, 0.3) is 5.91 Å². The summed E-state index contributed by atoms with van der Waals surface area (Å²) in [5.74, 6) is 0.0171. The summed E-state index contributed by atoms with van der Waals surface area (Å²) in [7, 11) is 0. The molecule has 0 aliphatic rings. The molecule has 0 saturated carbocycles. The number of carbonyl (C=O) groups is 1. The monoisotopic (exact) mass is 268 g/mol. The largest absolute Gasteiger partial charge is 0.484 e. The van der Waals surface area contributed by atoms with Crippen molar-refractivity contribution in [2.45, 2.75) is 33.4 Å². The van der Waals surface area contributed by atoms with Crippen LogP contribution in [0.5, 0.6) is 5.75 Å². The van der Waals surface area contributed by atoms with Crippen LogP contribution in [0.15, 0.2) is 18.2 Å². The van der Waals surface area contributed by atoms with E-state index >= 15 is 0 Å². The Bertz CT molecular complexity index is 435. The van der Waals surface area contributed by atoms with Crippen LogP contribution in [0.4, 0.5) is 4.39 Å². The number of nitrogens with one attached hydrogen (secondary N) is 1. The Labute approximate surface area is 113 Å². The second-order valence-corrected chi connectivity index (χ2v) is 4.89. The fourth-order valence-electron chi connectivity index (χ4n) is 1.43. The lowest BCUT2D eigenvalue weighted by Gasteiger charge is -2.17. The standard InChI is InChI=1S/C14H21FN2O2/c1-9(2)10(3)17-14(18)8-19-13-5-11(7-16)4-12(15)6-13/h4-6,9-10H,7-8,16H2,1-3H3,(H,17,18). The first-order valence-electron chi connectivity index (χ1n) is 6.34. The van der Waals surface area contributed by atoms with Crippen LogP contribution < -0.4 is 15.8 Å². The van der Waals surface area contributed by atoms with Crippen molar-refractivity contribution in [3.63, 3.8) is 0 Å². The normalized spacial score (nSPS) is 12.3. The van der Waals surface area contributed by atoms with Crippen molar-refractivity contribution in [2.24, 2.45) is 11.7 Å². The lowest BCUT2D eigenvalue weighted by molar-refractivity contribution is -0.124. The minimum atomic E-state index is -0.422. The maximum Gasteiger partial charge on any atom is 0.258 e. The lowest BCUT2D eigenvalue weighted by atomic mass is 10.1. The van der Waals surface area contributed by atoms with Gasteiger partial charge in [-0.05, 0) is 30.5 Å². The molecule has 5 heteroatoms. The molecular weight excluding hydrogens is 247 g/mol. The molecule has 0 bridgehead atoms. The fourth-order valence-corrected chi connectivity index (χ4v) is 1.43. The minimum Gasteiger partial charge on any atom is -0.484 e. The van der Waals surface area contributed by atoms with Crippen LogP contribution in [-0.4, -0.2) is 18.6 Å². The third-order valence-corrected chi connectivity index (χ3v) is 2.93. The first kappa shape index (κ1) is 15.4. The highest BCUT2D eigenvalue weighted by Crippen LogP contribution is 2.16. The zero-order valence-corrected chi connectivity index (χ0v) is 11.6. The van der Waals surface area contributed by atoms with Crippen LogP contribution >= 0.6 is 0 Å². The molecule has 0 aliphatic carbocycles. The summed E-state index contributed by atoms with van der Waals surface area (Å²) >= 11 is 0. The molecule has 0 heterocycles. The highest BCUT2D eigenvalue weighted by atomic mass is 19.1. The third-order valence-electron chi connectivity index (χ3n) is 2.93. The van der Waals surface area contributed by atoms with E-state index < -0.39 is 5.82 Å². The Balaban J connectivity index is 2.52. The molecule has 19 heavy (non-hydrogen) atoms. The van der Waals surface area contributed by atoms with E-state index in [1.165, 1.54) is 12.1 Å². The molecule has 0 fully saturated rings. The van der Waals surface area contributed by atoms with E-state index in [1.54, 1.807) is 6.07 Å². The van der Waals surface area contributed by atoms with Crippen molar-refractivity contribution >= 4 is 5.91 Å². The summed E-state index contributed by atoms with van der Waals surface area (Å²) in [5.41, 5.74) is 6.07. The molecule has 1 aromatic rings. The zero-order valence-electron chi connectivity index (χ0n) is 11.6. The van der Waals surface area contributed by atoms with Crippen molar-refractivity contribution < 1.29 is 13.9 Å². The maximum absolute atomic E-state index is 13.2. The Morgan fingerprint density at radius 1 is 1.37 bits per heavy atom. The highest BCUT2D eigenvalue weighted by molar-refractivity contribution is 5.77. The van der Waals surface area contributed by atoms with Crippen LogP contribution in [0, 0.1) is 11.7 Å². The van der Waals surface area contributed by atoms with Crippen LogP contribution in [-0.2, 0) is 11.3 Å². The van der Waals surface area contributed by atoms with Gasteiger partial charge in [0.15, 0.2) is 6.61 Å². The topological polar surface area (TPSA) is 64.3 Å². The Morgan fingerprint density at radius 3 is 2.63 bits per heavy atom. The smallest absolute Gasteiger partial charge is 0.258 e. The Morgan fingerprint density at radius 2 is 2.05 bits per heavy atom. The van der Waals surface area contributed by atoms with Crippen LogP contribution in [0.25, 0.3) is 0 Å². The highest BCUT2D eigenvalue weighted by Gasteiger charge is 2.11. The third kappa shape index (κ3) is 5.26. The molecule has 4 nitrogen and oxygen atoms in total. The summed E-state index contributed by atoms with van der Waals surface area (Å²) in [6, 6.07) is 4.28. The van der Waals surface area contributed by atoms with Gasteiger partial charge in [-0.2, -0.15) is 0 Å². The Kier molecular flexibility index (Phi) is 5.76. The van der Waals surface area contributed by atoms with Crippen LogP contribution in [0.2, 0.25) is 0 Å². The van der Waals surface area contributed by atoms with E-state index in [9.17, 15) is 9.18 Å². The Hall–Kier alpha value is -1.62. The summed E-state index contributed by atoms with van der Waals surface area (Å²) in [4.78, 5) is 11.6. The molecule has 1 aromatic carbocycles. The average molecular weight is 268 g/mol. The van der Waals surface area contributed by atoms with Crippen LogP contribution in [0.3, 0.4) is 0 Å². The van der Waals surface area contributed by atoms with Gasteiger partial charge in [-0.1, -0.05) is 13.8 Å². The number of hydrogen-bond donors (Lipinski definition) is 2. The number of nitrogens with two attached hydrogens (primary N) is 1. The summed E-state index contributed by atoms with van der Waals surface area (Å²) < 4.78 is 18.5. The van der Waals surface area contributed by atoms with Gasteiger partial charge >= 0.3 is 0 Å². The van der Waals surface area contributed by atoms with E-state index in [0.717, 1.165) is 0 Å². The molecule has 0 aromatic heterocycles. The van der Waals surface area contributed by atoms with E-state index in [4.69, 9.17) is 10.5 Å². The molecule has 1 unspecified atom stereocenters. The molecule has 1 atom stereocenters. The molecule has 0 radical (unpaired) electrons. The number of carbonyl (C=O) groups excluding carboxylic acids is 1. The van der Waals surface area contributed by atoms with Crippen molar-refractivity contribution in [1.29, 1.82) is 0 Å². The number of hydrogen-bond acceptors (Lipinski definition) is 3. The molecule has 0 saturated heterocycles. The number of benzene rings is 1. The quantitative estimate of drug-likeness (QED) is 0.827. The van der Waals surface area contributed by atoms with Crippen molar-refractivity contribution in [3.8, 4) is 5.75 Å². The minimum absolute atomic E-state index is 0.0724. The van der Waals surface area contributed by atoms with Gasteiger partial charge in [-0.3, -0.25) is 4.79 Å². The number of amides is 1. The zero-order chi connectivity index (χ0) is 14.4. The predicted molar refractivity (Wildman–Crippen MR) is 72.2 cm³/mol. The van der Waals surface area contributed by atoms with Crippen LogP contribution in [0.1, 0.15) is 26.3 Å². The summed E-state index contributed by atoms with van der Waals surface area (Å²) in [6.45, 7) is 6.06. The lowest BCUT2D eigenvalue weighted by Crippen LogP contribution is -2.38. The number of ether oxygens (including phenoxy) is 1. The van der Waals surface area contributed by atoms with Gasteiger partial charge in [0, 0.05) is 18.7 Å². The SMILES string of the molecule is CC(C)C(C)NC(=O)COc1cc(F)cc(CN)c1. The molecule has 3 N–H and O–H groups in total. The van der Waals surface area contributed by atoms with Crippen molar-refractivity contribution in [2.75, 3.05) is 6.61 Å². The summed E-state index contributed by atoms with van der Waals surface area (Å²) in [5, 5.41) is 2.81. The first-order valence-corrected chi connectivity index (χ1v) is 6.34. The van der Waals surface area contributed by atoms with Gasteiger partial charge in [-0.15, -0.1) is 0 Å². The average Bonchev–Trinajstić information content (AvgIpc) is 2.35. The first-order chi connectivity index (χ1) is 8.92. The van der Waals surface area contributed by atoms with Gasteiger partial charge < -0.3 is 15.8 Å². The van der Waals surface area contributed by atoms with E-state index in [-0.39, 0.29) is 25.1 Å². The molecule has 106 valence electrons. The summed E-state index contributed by atoms with van der Waals surface area (Å²) in [6.07, 6.45) is 0. The van der Waals surface area contributed by atoms with Gasteiger partial charge in [0.2, 0.25) is 0 Å². The second kappa shape index (κ2) is 7.09. The number of halogens is 1. The molecule has 0 aliphatic heterocycles. The van der Waals surface area contributed by atoms with E-state index in [1.807, 2.05) is 20.8 Å². The molecular formula is C14H21FN2O2. The predicted octanol–water partition coefficient (Wildman–Crippen LogP) is 1.82. The van der Waals surface area contributed by atoms with Crippen molar-refractivity contribution in [3.05, 3.63) is 29.6 Å². The fraction of sp³-hybridized carbons (Fsp3) is 0.500.